The van der Waals surface area contributed by atoms with Crippen LogP contribution >= 0.6 is 11.3 Å². The van der Waals surface area contributed by atoms with Gasteiger partial charge in [-0.15, -0.1) is 4.88 Å². The fraction of sp³-hybridized carbons (Fsp3) is 0.308. The van der Waals surface area contributed by atoms with E-state index in [1.54, 1.807) is 16.9 Å². The molecule has 6 nitrogen and oxygen atoms in total. The molecule has 4 aromatic rings. The van der Waals surface area contributed by atoms with Crippen molar-refractivity contribution in [3.8, 4) is 0 Å². The van der Waals surface area contributed by atoms with Crippen molar-refractivity contribution in [2.24, 2.45) is 0 Å². The first-order chi connectivity index (χ1) is 15.7. The molecule has 0 saturated carbocycles. The predicted octanol–water partition coefficient (Wildman–Crippen LogP) is 2.59. The van der Waals surface area contributed by atoms with Crippen molar-refractivity contribution >= 4 is 29.1 Å². The van der Waals surface area contributed by atoms with Crippen LogP contribution in [0.3, 0.4) is 0 Å². The number of aryl methyl sites for hydroxylation is 1. The van der Waals surface area contributed by atoms with Gasteiger partial charge in [0.1, 0.15) is 17.2 Å². The fourth-order valence-electron chi connectivity index (χ4n) is 3.29. The third-order valence-corrected chi connectivity index (χ3v) is 6.07. The van der Waals surface area contributed by atoms with E-state index in [2.05, 4.69) is 44.8 Å². The molecule has 4 aromatic heterocycles. The number of carbonyl (C=O) groups excluding carboxylic acids is 2. The number of aromatic nitrogens is 3. The maximum atomic E-state index is 12.3. The zero-order valence-electron chi connectivity index (χ0n) is 20.3. The molecule has 8 heteroatoms. The van der Waals surface area contributed by atoms with Crippen LogP contribution in [0.4, 0.5) is 0 Å². The molecule has 4 rings (SSSR count). The summed E-state index contributed by atoms with van der Waals surface area (Å²) in [6, 6.07) is 7.54. The first-order valence-electron chi connectivity index (χ1n) is 10.8. The molecule has 174 valence electrons. The van der Waals surface area contributed by atoms with Crippen LogP contribution in [0.1, 0.15) is 71.6 Å². The van der Waals surface area contributed by atoms with E-state index in [1.807, 2.05) is 29.6 Å². The molecular formula is C26H28LiN3O3S-2. The minimum Gasteiger partial charge on any atom is -0.417 e. The van der Waals surface area contributed by atoms with Crippen molar-refractivity contribution in [1.29, 1.82) is 0 Å². The topological polar surface area (TPSA) is 77.5 Å². The second kappa shape index (κ2) is 12.2. The smallest absolute Gasteiger partial charge is 0.417 e. The number of thiophene rings is 1. The van der Waals surface area contributed by atoms with Crippen LogP contribution in [0.2, 0.25) is 0 Å². The molecule has 4 heterocycles. The van der Waals surface area contributed by atoms with Gasteiger partial charge in [-0.1, -0.05) is 49.4 Å². The number of carbonyl (C=O) groups is 1. The van der Waals surface area contributed by atoms with Gasteiger partial charge in [0.15, 0.2) is 0 Å². The summed E-state index contributed by atoms with van der Waals surface area (Å²) >= 11 is 1.52. The Morgan fingerprint density at radius 2 is 2.06 bits per heavy atom. The van der Waals surface area contributed by atoms with Gasteiger partial charge in [-0.2, -0.15) is 16.9 Å². The van der Waals surface area contributed by atoms with Crippen molar-refractivity contribution in [1.82, 2.24) is 14.5 Å². The van der Waals surface area contributed by atoms with E-state index >= 15 is 0 Å². The summed E-state index contributed by atoms with van der Waals surface area (Å²) < 4.78 is 7.05. The molecule has 0 radical (unpaired) electrons. The van der Waals surface area contributed by atoms with Crippen molar-refractivity contribution < 1.29 is 33.0 Å². The number of imidazole rings is 1. The summed E-state index contributed by atoms with van der Waals surface area (Å²) in [5, 5.41) is 5.99. The predicted molar refractivity (Wildman–Crippen MR) is 130 cm³/mol. The number of Topliss-reactive ketones (excluding diaryl/α,β-unsaturated/α-hetero) is 1. The normalized spacial score (nSPS) is 10.9. The number of pyridine rings is 1. The molecule has 0 unspecified atom stereocenters. The Kier molecular flexibility index (Phi) is 9.93. The minimum atomic E-state index is -0.0364. The first-order valence-corrected chi connectivity index (χ1v) is 11.6. The van der Waals surface area contributed by atoms with Crippen molar-refractivity contribution in [2.75, 3.05) is 0 Å². The Balaban J connectivity index is 0.000000284. The number of rotatable bonds is 7. The van der Waals surface area contributed by atoms with Gasteiger partial charge in [-0.25, -0.2) is 13.3 Å². The van der Waals surface area contributed by atoms with Crippen LogP contribution in [0.5, 0.6) is 0 Å². The summed E-state index contributed by atoms with van der Waals surface area (Å²) in [4.78, 5) is 27.5. The van der Waals surface area contributed by atoms with Gasteiger partial charge >= 0.3 is 18.9 Å². The van der Waals surface area contributed by atoms with Gasteiger partial charge in [-0.05, 0) is 30.4 Å². The maximum Gasteiger partial charge on any atom is 1.00 e. The van der Waals surface area contributed by atoms with Gasteiger partial charge < -0.3 is 25.6 Å². The molecule has 0 amide bonds. The van der Waals surface area contributed by atoms with Gasteiger partial charge in [0.05, 0.1) is 5.69 Å². The molecule has 0 saturated heterocycles. The average Bonchev–Trinajstić information content (AvgIpc) is 3.51. The zero-order valence-corrected chi connectivity index (χ0v) is 21.1. The van der Waals surface area contributed by atoms with Gasteiger partial charge in [0, 0.05) is 30.4 Å². The molecule has 0 spiro atoms. The number of fused-ring (bicyclic) bond motifs is 1. The van der Waals surface area contributed by atoms with Crippen LogP contribution in [-0.2, 0) is 23.1 Å². The molecule has 34 heavy (non-hydrogen) atoms. The minimum absolute atomic E-state index is 0. The molecule has 0 fully saturated rings. The van der Waals surface area contributed by atoms with Crippen LogP contribution < -0.4 is 18.9 Å². The Hall–Kier alpha value is -2.59. The number of nitrogens with zero attached hydrogens (tertiary/aromatic N) is 3. The molecular weight excluding hydrogens is 441 g/mol. The first kappa shape index (κ1) is 27.7. The Bertz CT molecular complexity index is 1230. The van der Waals surface area contributed by atoms with E-state index in [1.165, 1.54) is 17.5 Å². The van der Waals surface area contributed by atoms with E-state index < -0.39 is 0 Å². The Morgan fingerprint density at radius 3 is 2.71 bits per heavy atom. The molecule has 0 aliphatic carbocycles. The van der Waals surface area contributed by atoms with Gasteiger partial charge in [-0.3, -0.25) is 4.79 Å². The molecule has 0 N–H and O–H groups in total. The monoisotopic (exact) mass is 469 g/mol. The van der Waals surface area contributed by atoms with Crippen molar-refractivity contribution in [3.05, 3.63) is 89.0 Å². The third kappa shape index (κ3) is 6.72. The van der Waals surface area contributed by atoms with Crippen LogP contribution in [0.15, 0.2) is 46.6 Å². The summed E-state index contributed by atoms with van der Waals surface area (Å²) in [5.74, 6) is 1.05. The molecule has 0 aliphatic heterocycles. The van der Waals surface area contributed by atoms with E-state index in [0.717, 1.165) is 45.9 Å². The SMILES string of the molecule is O=[C-]c1cnc2ccccn12.[CH2-]Cc1c(C(=O)CCCc2cc(C(C)(C)C)on2)csc1[CH2-].[Li+]. The molecule has 0 aromatic carbocycles. The second-order valence-corrected chi connectivity index (χ2v) is 9.65. The summed E-state index contributed by atoms with van der Waals surface area (Å²) in [6.45, 7) is 14.1. The second-order valence-electron chi connectivity index (χ2n) is 8.68. The Labute approximate surface area is 216 Å². The van der Waals surface area contributed by atoms with E-state index in [9.17, 15) is 9.59 Å². The molecule has 0 aliphatic rings. The number of ketones is 1. The maximum absolute atomic E-state index is 12.3. The van der Waals surface area contributed by atoms with Crippen molar-refractivity contribution in [3.63, 3.8) is 0 Å². The van der Waals surface area contributed by atoms with Crippen LogP contribution in [0.25, 0.3) is 5.65 Å². The average molecular weight is 470 g/mol. The zero-order chi connectivity index (χ0) is 24.0. The summed E-state index contributed by atoms with van der Waals surface area (Å²) in [6.07, 6.45) is 7.74. The third-order valence-electron chi connectivity index (χ3n) is 5.19. The quantitative estimate of drug-likeness (QED) is 0.236. The molecule has 0 bridgehead atoms. The van der Waals surface area contributed by atoms with Gasteiger partial charge in [0.25, 0.3) is 0 Å². The van der Waals surface area contributed by atoms with E-state index in [4.69, 9.17) is 4.52 Å². The molecule has 0 atom stereocenters. The summed E-state index contributed by atoms with van der Waals surface area (Å²) in [5.41, 5.74) is 3.89. The number of hydrogen-bond acceptors (Lipinski definition) is 6. The summed E-state index contributed by atoms with van der Waals surface area (Å²) in [7, 11) is 0. The van der Waals surface area contributed by atoms with E-state index in [-0.39, 0.29) is 30.1 Å². The Morgan fingerprint density at radius 1 is 1.29 bits per heavy atom. The van der Waals surface area contributed by atoms with Crippen molar-refractivity contribution in [2.45, 2.75) is 51.9 Å². The standard InChI is InChI=1S/C18H23NO2S.C8H5N2O.Li/c1-6-14-12(2)22-11-15(14)16(20)9-7-8-13-10-17(21-19-13)18(3,4)5;11-6-7-5-9-8-3-1-2-4-10(7)8;/h10-11H,1-2,6-9H2,3-5H3;1-5H;/q-2;-1;+1. The van der Waals surface area contributed by atoms with E-state index in [0.29, 0.717) is 18.5 Å². The fourth-order valence-corrected chi connectivity index (χ4v) is 4.17. The number of hydrogen-bond donors (Lipinski definition) is 0. The largest absolute Gasteiger partial charge is 1.00 e. The van der Waals surface area contributed by atoms with Gasteiger partial charge in [0.2, 0.25) is 0 Å². The van der Waals surface area contributed by atoms with Crippen LogP contribution in [0, 0.1) is 13.8 Å². The van der Waals surface area contributed by atoms with Crippen LogP contribution in [-0.4, -0.2) is 26.6 Å².